The van der Waals surface area contributed by atoms with E-state index in [9.17, 15) is 9.18 Å². The van der Waals surface area contributed by atoms with Gasteiger partial charge >= 0.3 is 0 Å². The first-order valence-electron chi connectivity index (χ1n) is 6.43. The molecule has 20 heavy (non-hydrogen) atoms. The quantitative estimate of drug-likeness (QED) is 0.375. The number of oxime groups is 1. The van der Waals surface area contributed by atoms with Crippen LogP contribution in [0.3, 0.4) is 0 Å². The van der Waals surface area contributed by atoms with Gasteiger partial charge in [-0.15, -0.1) is 0 Å². The van der Waals surface area contributed by atoms with Crippen molar-refractivity contribution in [3.63, 3.8) is 0 Å². The van der Waals surface area contributed by atoms with Crippen molar-refractivity contribution in [2.24, 2.45) is 16.8 Å². The van der Waals surface area contributed by atoms with E-state index in [1.54, 1.807) is 18.7 Å². The highest BCUT2D eigenvalue weighted by Gasteiger charge is 2.20. The number of hydrogen-bond donors (Lipinski definition) is 2. The molecule has 0 saturated carbocycles. The maximum absolute atomic E-state index is 13.1. The minimum absolute atomic E-state index is 0.0760. The molecular formula is C14H20FN3O2. The lowest BCUT2D eigenvalue weighted by atomic mass is 10.1. The number of carbonyl (C=O) groups excluding carboxylic acids is 1. The molecule has 0 saturated heterocycles. The molecule has 1 rings (SSSR count). The lowest BCUT2D eigenvalue weighted by Gasteiger charge is -2.24. The van der Waals surface area contributed by atoms with Crippen LogP contribution in [0.4, 0.5) is 4.39 Å². The number of halogens is 1. The molecule has 0 aromatic heterocycles. The summed E-state index contributed by atoms with van der Waals surface area (Å²) in [7, 11) is 0. The maximum atomic E-state index is 13.1. The predicted molar refractivity (Wildman–Crippen MR) is 75.3 cm³/mol. The molecule has 1 aromatic rings. The van der Waals surface area contributed by atoms with Gasteiger partial charge in [-0.2, -0.15) is 0 Å². The summed E-state index contributed by atoms with van der Waals surface area (Å²) in [5, 5.41) is 11.6. The molecule has 0 aliphatic carbocycles. The number of carbonyl (C=O) groups is 1. The van der Waals surface area contributed by atoms with Crippen LogP contribution >= 0.6 is 0 Å². The number of nitrogens with zero attached hydrogens (tertiary/aromatic N) is 2. The van der Waals surface area contributed by atoms with Crippen molar-refractivity contribution in [3.8, 4) is 0 Å². The zero-order chi connectivity index (χ0) is 15.3. The van der Waals surface area contributed by atoms with Crippen LogP contribution in [-0.4, -0.2) is 34.9 Å². The monoisotopic (exact) mass is 281 g/mol. The van der Waals surface area contributed by atoms with Gasteiger partial charge in [0.15, 0.2) is 0 Å². The predicted octanol–water partition coefficient (Wildman–Crippen LogP) is 1.98. The van der Waals surface area contributed by atoms with Gasteiger partial charge in [-0.05, 0) is 37.6 Å². The van der Waals surface area contributed by atoms with Gasteiger partial charge in [0.05, 0.1) is 0 Å². The summed E-state index contributed by atoms with van der Waals surface area (Å²) in [5.41, 5.74) is 6.57. The molecule has 0 radical (unpaired) electrons. The van der Waals surface area contributed by atoms with E-state index in [0.29, 0.717) is 24.2 Å². The second-order valence-electron chi connectivity index (χ2n) is 4.73. The van der Waals surface area contributed by atoms with Crippen molar-refractivity contribution in [2.45, 2.75) is 20.8 Å². The Labute approximate surface area is 117 Å². The van der Waals surface area contributed by atoms with Crippen LogP contribution in [0, 0.1) is 18.7 Å². The average Bonchev–Trinajstić information content (AvgIpc) is 2.42. The molecule has 0 fully saturated rings. The fraction of sp³-hybridized carbons (Fsp3) is 0.429. The van der Waals surface area contributed by atoms with E-state index in [1.165, 1.54) is 18.2 Å². The topological polar surface area (TPSA) is 78.9 Å². The minimum atomic E-state index is -0.368. The van der Waals surface area contributed by atoms with E-state index in [-0.39, 0.29) is 23.5 Å². The Morgan fingerprint density at radius 3 is 2.70 bits per heavy atom. The van der Waals surface area contributed by atoms with Gasteiger partial charge in [0.25, 0.3) is 5.91 Å². The Morgan fingerprint density at radius 1 is 1.55 bits per heavy atom. The molecular weight excluding hydrogens is 261 g/mol. The molecule has 0 aliphatic rings. The molecule has 3 N–H and O–H groups in total. The van der Waals surface area contributed by atoms with Crippen molar-refractivity contribution >= 4 is 11.7 Å². The molecule has 0 aliphatic heterocycles. The largest absolute Gasteiger partial charge is 0.409 e. The molecule has 5 nitrogen and oxygen atoms in total. The van der Waals surface area contributed by atoms with E-state index >= 15 is 0 Å². The lowest BCUT2D eigenvalue weighted by molar-refractivity contribution is 0.0753. The first-order valence-corrected chi connectivity index (χ1v) is 6.43. The number of amidine groups is 1. The molecule has 0 heterocycles. The van der Waals surface area contributed by atoms with Crippen molar-refractivity contribution < 1.29 is 14.4 Å². The Balaban J connectivity index is 2.92. The third kappa shape index (κ3) is 3.69. The highest BCUT2D eigenvalue weighted by atomic mass is 19.1. The summed E-state index contributed by atoms with van der Waals surface area (Å²) in [4.78, 5) is 14.0. The third-order valence-corrected chi connectivity index (χ3v) is 3.20. The lowest BCUT2D eigenvalue weighted by Crippen LogP contribution is -2.39. The second kappa shape index (κ2) is 6.88. The third-order valence-electron chi connectivity index (χ3n) is 3.20. The molecule has 1 aromatic carbocycles. The van der Waals surface area contributed by atoms with Crippen molar-refractivity contribution in [2.75, 3.05) is 13.1 Å². The molecule has 110 valence electrons. The average molecular weight is 281 g/mol. The number of aryl methyl sites for hydroxylation is 1. The normalized spacial score (nSPS) is 13.1. The van der Waals surface area contributed by atoms with Gasteiger partial charge in [0.2, 0.25) is 0 Å². The standard InChI is InChI=1S/C14H20FN3O2/c1-4-18(8-10(3)13(16)17-20)14(19)12-6-5-11(15)7-9(12)2/h5-7,10,20H,4,8H2,1-3H3,(H2,16,17). The number of rotatable bonds is 5. The van der Waals surface area contributed by atoms with Crippen molar-refractivity contribution in [1.29, 1.82) is 0 Å². The van der Waals surface area contributed by atoms with Crippen LogP contribution in [0.15, 0.2) is 23.4 Å². The summed E-state index contributed by atoms with van der Waals surface area (Å²) in [6.07, 6.45) is 0. The number of benzene rings is 1. The fourth-order valence-corrected chi connectivity index (χ4v) is 1.92. The maximum Gasteiger partial charge on any atom is 0.254 e. The molecule has 1 unspecified atom stereocenters. The highest BCUT2D eigenvalue weighted by molar-refractivity contribution is 5.96. The van der Waals surface area contributed by atoms with E-state index < -0.39 is 0 Å². The van der Waals surface area contributed by atoms with Gasteiger partial charge in [0.1, 0.15) is 11.7 Å². The Kier molecular flexibility index (Phi) is 5.49. The van der Waals surface area contributed by atoms with Gasteiger partial charge < -0.3 is 15.8 Å². The Bertz CT molecular complexity index is 517. The zero-order valence-corrected chi connectivity index (χ0v) is 11.9. The first kappa shape index (κ1) is 15.9. The van der Waals surface area contributed by atoms with Crippen LogP contribution < -0.4 is 5.73 Å². The highest BCUT2D eigenvalue weighted by Crippen LogP contribution is 2.14. The molecule has 1 amide bonds. The molecule has 6 heteroatoms. The van der Waals surface area contributed by atoms with Gasteiger partial charge in [-0.25, -0.2) is 4.39 Å². The van der Waals surface area contributed by atoms with Crippen LogP contribution in [0.1, 0.15) is 29.8 Å². The summed E-state index contributed by atoms with van der Waals surface area (Å²) >= 11 is 0. The van der Waals surface area contributed by atoms with Gasteiger partial charge in [-0.1, -0.05) is 12.1 Å². The molecule has 1 atom stereocenters. The second-order valence-corrected chi connectivity index (χ2v) is 4.73. The zero-order valence-electron chi connectivity index (χ0n) is 11.9. The van der Waals surface area contributed by atoms with Crippen LogP contribution in [0.25, 0.3) is 0 Å². The number of nitrogens with two attached hydrogens (primary N) is 1. The minimum Gasteiger partial charge on any atom is -0.409 e. The summed E-state index contributed by atoms with van der Waals surface area (Å²) in [5.74, 6) is -0.744. The Morgan fingerprint density at radius 2 is 2.20 bits per heavy atom. The van der Waals surface area contributed by atoms with E-state index in [2.05, 4.69) is 5.16 Å². The van der Waals surface area contributed by atoms with Crippen molar-refractivity contribution in [1.82, 2.24) is 4.90 Å². The van der Waals surface area contributed by atoms with Crippen LogP contribution in [0.2, 0.25) is 0 Å². The van der Waals surface area contributed by atoms with Crippen molar-refractivity contribution in [3.05, 3.63) is 35.1 Å². The first-order chi connectivity index (χ1) is 9.40. The smallest absolute Gasteiger partial charge is 0.254 e. The molecule has 0 spiro atoms. The van der Waals surface area contributed by atoms with E-state index in [4.69, 9.17) is 10.9 Å². The van der Waals surface area contributed by atoms with E-state index in [0.717, 1.165) is 0 Å². The SMILES string of the molecule is CCN(CC(C)/C(N)=N/O)C(=O)c1ccc(F)cc1C. The summed E-state index contributed by atoms with van der Waals surface area (Å²) in [6, 6.07) is 4.07. The number of amides is 1. The Hall–Kier alpha value is -2.11. The van der Waals surface area contributed by atoms with Gasteiger partial charge in [-0.3, -0.25) is 4.79 Å². The van der Waals surface area contributed by atoms with E-state index in [1.807, 2.05) is 6.92 Å². The van der Waals surface area contributed by atoms with Crippen LogP contribution in [0.5, 0.6) is 0 Å². The number of hydrogen-bond acceptors (Lipinski definition) is 3. The fourth-order valence-electron chi connectivity index (χ4n) is 1.92. The van der Waals surface area contributed by atoms with Crippen LogP contribution in [-0.2, 0) is 0 Å². The summed E-state index contributed by atoms with van der Waals surface area (Å²) < 4.78 is 13.1. The summed E-state index contributed by atoms with van der Waals surface area (Å²) in [6.45, 7) is 6.12. The van der Waals surface area contributed by atoms with Gasteiger partial charge in [0, 0.05) is 24.6 Å². The molecule has 0 bridgehead atoms.